The summed E-state index contributed by atoms with van der Waals surface area (Å²) >= 11 is 0. The number of pyridine rings is 1. The molecule has 3 aromatic carbocycles. The molecule has 0 aliphatic heterocycles. The van der Waals surface area contributed by atoms with Gasteiger partial charge in [0.05, 0.1) is 5.56 Å². The molecule has 4 rings (SSSR count). The molecule has 162 valence electrons. The van der Waals surface area contributed by atoms with E-state index in [2.05, 4.69) is 10.3 Å². The van der Waals surface area contributed by atoms with Crippen LogP contribution in [-0.2, 0) is 12.7 Å². The van der Waals surface area contributed by atoms with Gasteiger partial charge in [-0.1, -0.05) is 29.8 Å². The van der Waals surface area contributed by atoms with Gasteiger partial charge in [-0.15, -0.1) is 0 Å². The molecule has 0 spiro atoms. The molecule has 0 bridgehead atoms. The van der Waals surface area contributed by atoms with Crippen LogP contribution in [-0.4, -0.2) is 16.0 Å². The van der Waals surface area contributed by atoms with E-state index >= 15 is 0 Å². The molecule has 0 aliphatic rings. The molecule has 4 aromatic rings. The summed E-state index contributed by atoms with van der Waals surface area (Å²) in [4.78, 5) is 16.8. The Kier molecular flexibility index (Phi) is 5.57. The largest absolute Gasteiger partial charge is 0.506 e. The van der Waals surface area contributed by atoms with Crippen LogP contribution in [0, 0.1) is 6.92 Å². The molecule has 7 heteroatoms. The first kappa shape index (κ1) is 21.4. The van der Waals surface area contributed by atoms with Gasteiger partial charge in [0.1, 0.15) is 11.3 Å². The Balaban J connectivity index is 1.55. The zero-order valence-electron chi connectivity index (χ0n) is 17.1. The van der Waals surface area contributed by atoms with Gasteiger partial charge in [0.2, 0.25) is 0 Å². The monoisotopic (exact) mass is 436 g/mol. The van der Waals surface area contributed by atoms with Crippen LogP contribution < -0.4 is 5.32 Å². The van der Waals surface area contributed by atoms with Gasteiger partial charge in [0.15, 0.2) is 0 Å². The molecule has 0 atom stereocenters. The minimum Gasteiger partial charge on any atom is -0.506 e. The van der Waals surface area contributed by atoms with Crippen LogP contribution in [0.5, 0.6) is 5.75 Å². The summed E-state index contributed by atoms with van der Waals surface area (Å²) in [5, 5.41) is 13.7. The Bertz CT molecular complexity index is 1320. The number of carbonyl (C=O) groups excluding carboxylic acids is 1. The Morgan fingerprint density at radius 3 is 2.59 bits per heavy atom. The van der Waals surface area contributed by atoms with Gasteiger partial charge in [-0.05, 0) is 66.1 Å². The predicted molar refractivity (Wildman–Crippen MR) is 116 cm³/mol. The predicted octanol–water partition coefficient (Wildman–Crippen LogP) is 5.86. The highest BCUT2D eigenvalue weighted by molar-refractivity contribution is 5.96. The van der Waals surface area contributed by atoms with E-state index in [4.69, 9.17) is 0 Å². The fourth-order valence-corrected chi connectivity index (χ4v) is 3.59. The number of benzene rings is 3. The van der Waals surface area contributed by atoms with Gasteiger partial charge in [0, 0.05) is 23.7 Å². The zero-order chi connectivity index (χ0) is 22.9. The minimum atomic E-state index is -4.44. The Hall–Kier alpha value is -3.87. The molecule has 32 heavy (non-hydrogen) atoms. The number of hydrogen-bond acceptors (Lipinski definition) is 3. The van der Waals surface area contributed by atoms with Crippen molar-refractivity contribution < 1.29 is 23.1 Å². The smallest absolute Gasteiger partial charge is 0.416 e. The van der Waals surface area contributed by atoms with Crippen molar-refractivity contribution >= 4 is 16.8 Å². The highest BCUT2D eigenvalue weighted by Gasteiger charge is 2.30. The topological polar surface area (TPSA) is 62.2 Å². The van der Waals surface area contributed by atoms with E-state index in [-0.39, 0.29) is 12.3 Å². The lowest BCUT2D eigenvalue weighted by molar-refractivity contribution is -0.137. The highest BCUT2D eigenvalue weighted by Crippen LogP contribution is 2.32. The second-order valence-corrected chi connectivity index (χ2v) is 7.54. The standard InChI is InChI=1S/C25H19F3N2O2/c1-15-8-16(10-21(9-15)25(26,27)28)14-30-24(32)19-5-2-4-17(11-19)20-12-18-6-3-7-29-23(18)22(31)13-20/h2-13,31H,14H2,1H3,(H,30,32). The van der Waals surface area contributed by atoms with E-state index in [1.807, 2.05) is 18.2 Å². The van der Waals surface area contributed by atoms with Crippen molar-refractivity contribution in [2.45, 2.75) is 19.6 Å². The number of alkyl halides is 3. The normalized spacial score (nSPS) is 11.5. The maximum atomic E-state index is 13.0. The third-order valence-electron chi connectivity index (χ3n) is 5.06. The molecule has 1 aromatic heterocycles. The number of aromatic hydroxyl groups is 1. The fourth-order valence-electron chi connectivity index (χ4n) is 3.59. The SMILES string of the molecule is Cc1cc(CNC(=O)c2cccc(-c3cc(O)c4ncccc4c3)c2)cc(C(F)(F)F)c1. The average molecular weight is 436 g/mol. The second-order valence-electron chi connectivity index (χ2n) is 7.54. The van der Waals surface area contributed by atoms with E-state index < -0.39 is 17.6 Å². The van der Waals surface area contributed by atoms with E-state index in [1.54, 1.807) is 49.5 Å². The van der Waals surface area contributed by atoms with Gasteiger partial charge in [-0.25, -0.2) is 0 Å². The highest BCUT2D eigenvalue weighted by atomic mass is 19.4. The Morgan fingerprint density at radius 1 is 1.00 bits per heavy atom. The number of nitrogens with one attached hydrogen (secondary N) is 1. The summed E-state index contributed by atoms with van der Waals surface area (Å²) in [5.74, 6) is -0.374. The lowest BCUT2D eigenvalue weighted by atomic mass is 10.0. The summed E-state index contributed by atoms with van der Waals surface area (Å²) < 4.78 is 39.1. The van der Waals surface area contributed by atoms with E-state index in [1.165, 1.54) is 0 Å². The summed E-state index contributed by atoms with van der Waals surface area (Å²) in [6.07, 6.45) is -2.85. The van der Waals surface area contributed by atoms with Crippen LogP contribution in [0.15, 0.2) is 72.9 Å². The molecule has 4 nitrogen and oxygen atoms in total. The van der Waals surface area contributed by atoms with Crippen LogP contribution in [0.1, 0.15) is 27.0 Å². The first-order valence-electron chi connectivity index (χ1n) is 9.85. The lowest BCUT2D eigenvalue weighted by Gasteiger charge is -2.12. The molecule has 0 saturated heterocycles. The van der Waals surface area contributed by atoms with Crippen LogP contribution in [0.3, 0.4) is 0 Å². The van der Waals surface area contributed by atoms with E-state index in [0.29, 0.717) is 33.3 Å². The van der Waals surface area contributed by atoms with Gasteiger partial charge in [0.25, 0.3) is 5.91 Å². The summed E-state index contributed by atoms with van der Waals surface area (Å²) in [7, 11) is 0. The molecular formula is C25H19F3N2O2. The van der Waals surface area contributed by atoms with Gasteiger partial charge in [-0.2, -0.15) is 13.2 Å². The number of phenols is 1. The van der Waals surface area contributed by atoms with E-state index in [0.717, 1.165) is 17.5 Å². The van der Waals surface area contributed by atoms with Crippen LogP contribution >= 0.6 is 0 Å². The molecule has 0 radical (unpaired) electrons. The number of carbonyl (C=O) groups is 1. The third-order valence-corrected chi connectivity index (χ3v) is 5.06. The minimum absolute atomic E-state index is 0.0315. The second kappa shape index (κ2) is 8.34. The molecule has 2 N–H and O–H groups in total. The van der Waals surface area contributed by atoms with Gasteiger partial charge >= 0.3 is 6.18 Å². The first-order valence-corrected chi connectivity index (χ1v) is 9.85. The number of rotatable bonds is 4. The number of halogens is 3. The van der Waals surface area contributed by atoms with Crippen molar-refractivity contribution in [2.24, 2.45) is 0 Å². The number of hydrogen-bond donors (Lipinski definition) is 2. The van der Waals surface area contributed by atoms with Crippen LogP contribution in [0.25, 0.3) is 22.0 Å². The number of phenolic OH excluding ortho intramolecular Hbond substituents is 1. The van der Waals surface area contributed by atoms with Gasteiger partial charge < -0.3 is 10.4 Å². The van der Waals surface area contributed by atoms with Crippen LogP contribution in [0.2, 0.25) is 0 Å². The number of aromatic nitrogens is 1. The molecule has 1 amide bonds. The molecule has 0 unspecified atom stereocenters. The van der Waals surface area contributed by atoms with Crippen molar-refractivity contribution in [2.75, 3.05) is 0 Å². The summed E-state index contributed by atoms with van der Waals surface area (Å²) in [5.41, 5.74) is 2.37. The van der Waals surface area contributed by atoms with E-state index in [9.17, 15) is 23.1 Å². The third kappa shape index (κ3) is 4.56. The molecular weight excluding hydrogens is 417 g/mol. The van der Waals surface area contributed by atoms with Crippen molar-refractivity contribution in [1.82, 2.24) is 10.3 Å². The lowest BCUT2D eigenvalue weighted by Crippen LogP contribution is -2.23. The van der Waals surface area contributed by atoms with Crippen LogP contribution in [0.4, 0.5) is 13.2 Å². The molecule has 0 fully saturated rings. The first-order chi connectivity index (χ1) is 15.2. The number of aryl methyl sites for hydroxylation is 1. The number of nitrogens with zero attached hydrogens (tertiary/aromatic N) is 1. The van der Waals surface area contributed by atoms with Crippen molar-refractivity contribution in [3.8, 4) is 16.9 Å². The summed E-state index contributed by atoms with van der Waals surface area (Å²) in [6.45, 7) is 1.55. The fraction of sp³-hybridized carbons (Fsp3) is 0.120. The Labute approximate surface area is 182 Å². The maximum absolute atomic E-state index is 13.0. The summed E-state index contributed by atoms with van der Waals surface area (Å²) in [6, 6.07) is 17.6. The van der Waals surface area contributed by atoms with Gasteiger partial charge in [-0.3, -0.25) is 9.78 Å². The molecule has 0 aliphatic carbocycles. The average Bonchev–Trinajstić information content (AvgIpc) is 2.76. The van der Waals surface area contributed by atoms with Crippen molar-refractivity contribution in [3.05, 3.63) is 95.2 Å². The maximum Gasteiger partial charge on any atom is 0.416 e. The molecule has 0 saturated carbocycles. The quantitative estimate of drug-likeness (QED) is 0.421. The Morgan fingerprint density at radius 2 is 1.81 bits per heavy atom. The van der Waals surface area contributed by atoms with Crippen molar-refractivity contribution in [3.63, 3.8) is 0 Å². The zero-order valence-corrected chi connectivity index (χ0v) is 17.1. The number of amides is 1. The van der Waals surface area contributed by atoms with Crippen molar-refractivity contribution in [1.29, 1.82) is 0 Å². The molecule has 1 heterocycles. The number of fused-ring (bicyclic) bond motifs is 1.